The molecule has 0 aromatic rings. The zero-order valence-corrected chi connectivity index (χ0v) is 36.6. The van der Waals surface area contributed by atoms with E-state index in [4.69, 9.17) is 22.6 Å². The number of unbranched alkanes of at least 4 members (excludes halogenated alkanes) is 24. The minimum Gasteiger partial charge on any atom is -0.302 e. The summed E-state index contributed by atoms with van der Waals surface area (Å²) in [7, 11) is -7.11. The minimum absolute atomic E-state index is 0.308. The monoisotopic (exact) mass is 781 g/mol. The van der Waals surface area contributed by atoms with Crippen molar-refractivity contribution < 1.29 is 36.6 Å². The molecule has 0 aliphatic carbocycles. The Morgan fingerprint density at radius 3 is 0.885 bits per heavy atom. The van der Waals surface area contributed by atoms with E-state index in [1.807, 2.05) is 0 Å². The molecule has 8 nitrogen and oxygen atoms in total. The number of hydrogen-bond acceptors (Lipinski definition) is 7. The number of phosphoric ester groups is 2. The fraction of sp³-hybridized carbons (Fsp3) is 0.905. The SMILES string of the molecule is CCCCCCCC/C=C\CCCCCCCCOP(=O)(O)OCCCCCCCC/C=C\CCCCCCCC.CCOP(=O)(OCC)OCC. The van der Waals surface area contributed by atoms with Gasteiger partial charge < -0.3 is 4.89 Å². The highest BCUT2D eigenvalue weighted by Crippen LogP contribution is 2.48. The molecule has 0 aromatic heterocycles. The van der Waals surface area contributed by atoms with Crippen molar-refractivity contribution in [2.45, 2.75) is 214 Å². The third-order valence-electron chi connectivity index (χ3n) is 8.68. The highest BCUT2D eigenvalue weighted by Gasteiger charge is 2.23. The first kappa shape index (κ1) is 53.8. The van der Waals surface area contributed by atoms with Crippen molar-refractivity contribution in [3.8, 4) is 0 Å². The van der Waals surface area contributed by atoms with Gasteiger partial charge in [0.05, 0.1) is 33.0 Å². The van der Waals surface area contributed by atoms with Gasteiger partial charge >= 0.3 is 15.6 Å². The largest absolute Gasteiger partial charge is 0.474 e. The van der Waals surface area contributed by atoms with Crippen molar-refractivity contribution >= 4 is 15.6 Å². The Hall–Kier alpha value is -0.300. The Balaban J connectivity index is 0. The first-order valence-electron chi connectivity index (χ1n) is 21.8. The van der Waals surface area contributed by atoms with E-state index >= 15 is 0 Å². The van der Waals surface area contributed by atoms with E-state index < -0.39 is 15.6 Å². The van der Waals surface area contributed by atoms with E-state index in [2.05, 4.69) is 38.2 Å². The van der Waals surface area contributed by atoms with Gasteiger partial charge in [-0.25, -0.2) is 9.13 Å². The predicted octanol–water partition coefficient (Wildman–Crippen LogP) is 15.4. The van der Waals surface area contributed by atoms with Crippen LogP contribution in [-0.4, -0.2) is 37.9 Å². The van der Waals surface area contributed by atoms with Crippen LogP contribution in [0.3, 0.4) is 0 Å². The van der Waals surface area contributed by atoms with Crippen LogP contribution in [0.4, 0.5) is 0 Å². The van der Waals surface area contributed by atoms with Crippen LogP contribution in [0.1, 0.15) is 214 Å². The highest BCUT2D eigenvalue weighted by molar-refractivity contribution is 7.48. The fourth-order valence-corrected chi connectivity index (χ4v) is 7.65. The molecule has 312 valence electrons. The summed E-state index contributed by atoms with van der Waals surface area (Å²) in [5.41, 5.74) is 0. The second-order valence-electron chi connectivity index (χ2n) is 13.7. The van der Waals surface area contributed by atoms with Crippen molar-refractivity contribution in [1.29, 1.82) is 0 Å². The first-order valence-corrected chi connectivity index (χ1v) is 24.7. The summed E-state index contributed by atoms with van der Waals surface area (Å²) >= 11 is 0. The Kier molecular flexibility index (Phi) is 44.9. The first-order chi connectivity index (χ1) is 25.3. The summed E-state index contributed by atoms with van der Waals surface area (Å²) < 4.78 is 48.1. The molecule has 0 amide bonds. The van der Waals surface area contributed by atoms with Crippen LogP contribution in [0.5, 0.6) is 0 Å². The Morgan fingerprint density at radius 1 is 0.365 bits per heavy atom. The van der Waals surface area contributed by atoms with Gasteiger partial charge in [0.25, 0.3) is 0 Å². The molecule has 1 N–H and O–H groups in total. The van der Waals surface area contributed by atoms with Crippen molar-refractivity contribution in [1.82, 2.24) is 0 Å². The fourth-order valence-electron chi connectivity index (χ4n) is 5.68. The number of hydrogen-bond donors (Lipinski definition) is 1. The van der Waals surface area contributed by atoms with Crippen molar-refractivity contribution in [3.63, 3.8) is 0 Å². The molecule has 0 saturated heterocycles. The smallest absolute Gasteiger partial charge is 0.302 e. The summed E-state index contributed by atoms with van der Waals surface area (Å²) in [5.74, 6) is 0. The molecule has 0 fully saturated rings. The molecular weight excluding hydrogens is 694 g/mol. The molecule has 0 atom stereocenters. The van der Waals surface area contributed by atoms with Gasteiger partial charge in [0.2, 0.25) is 0 Å². The predicted molar refractivity (Wildman–Crippen MR) is 223 cm³/mol. The maximum absolute atomic E-state index is 12.0. The molecule has 0 rings (SSSR count). The summed E-state index contributed by atoms with van der Waals surface area (Å²) in [6.07, 6.45) is 44.3. The molecule has 0 saturated carbocycles. The summed E-state index contributed by atoms with van der Waals surface area (Å²) in [4.78, 5) is 9.86. The Labute approximate surface area is 323 Å². The Bertz CT molecular complexity index is 780. The molecule has 0 heterocycles. The maximum Gasteiger partial charge on any atom is 0.474 e. The van der Waals surface area contributed by atoms with Crippen molar-refractivity contribution in [2.24, 2.45) is 0 Å². The van der Waals surface area contributed by atoms with Crippen LogP contribution in [-0.2, 0) is 31.7 Å². The number of allylic oxidation sites excluding steroid dienone is 4. The molecule has 0 spiro atoms. The average Bonchev–Trinajstić information content (AvgIpc) is 3.11. The lowest BCUT2D eigenvalue weighted by Crippen LogP contribution is -1.99. The van der Waals surface area contributed by atoms with Crippen LogP contribution < -0.4 is 0 Å². The quantitative estimate of drug-likeness (QED) is 0.0373. The lowest BCUT2D eigenvalue weighted by atomic mass is 10.1. The molecule has 0 aliphatic rings. The highest BCUT2D eigenvalue weighted by atomic mass is 31.2. The van der Waals surface area contributed by atoms with E-state index in [9.17, 15) is 14.0 Å². The van der Waals surface area contributed by atoms with Crippen molar-refractivity contribution in [2.75, 3.05) is 33.0 Å². The van der Waals surface area contributed by atoms with Gasteiger partial charge in [-0.15, -0.1) is 0 Å². The average molecular weight is 781 g/mol. The van der Waals surface area contributed by atoms with Gasteiger partial charge in [0.15, 0.2) is 0 Å². The van der Waals surface area contributed by atoms with Gasteiger partial charge in [0, 0.05) is 0 Å². The van der Waals surface area contributed by atoms with Crippen LogP contribution in [0, 0.1) is 0 Å². The summed E-state index contributed by atoms with van der Waals surface area (Å²) in [6.45, 7) is 11.4. The molecule has 0 radical (unpaired) electrons. The molecule has 10 heteroatoms. The lowest BCUT2D eigenvalue weighted by Gasteiger charge is -2.14. The van der Waals surface area contributed by atoms with Gasteiger partial charge in [-0.05, 0) is 85.0 Å². The standard InChI is InChI=1S/C36H71O4P.C6H15O4P/c1-3-5-7-9-11-13-15-17-19-21-23-25-27-29-31-33-35-39-41(37,38)40-36-34-32-30-28-26-24-22-20-18-16-14-12-10-8-6-4-2;1-4-8-11(7,9-5-2)10-6-3/h17-20H,3-16,21-36H2,1-2H3,(H,37,38);4-6H2,1-3H3/b19-17-,20-18-;. The van der Waals surface area contributed by atoms with Crippen LogP contribution in [0.15, 0.2) is 24.3 Å². The topological polar surface area (TPSA) is 101 Å². The van der Waals surface area contributed by atoms with Crippen molar-refractivity contribution in [3.05, 3.63) is 24.3 Å². The maximum atomic E-state index is 12.0. The zero-order valence-electron chi connectivity index (χ0n) is 34.8. The third kappa shape index (κ3) is 44.1. The molecule has 52 heavy (non-hydrogen) atoms. The molecule has 0 bridgehead atoms. The van der Waals surface area contributed by atoms with E-state index in [1.54, 1.807) is 20.8 Å². The van der Waals surface area contributed by atoms with Gasteiger partial charge in [-0.2, -0.15) is 0 Å². The van der Waals surface area contributed by atoms with E-state index in [0.29, 0.717) is 33.0 Å². The van der Waals surface area contributed by atoms with Crippen LogP contribution in [0.25, 0.3) is 0 Å². The van der Waals surface area contributed by atoms with E-state index in [-0.39, 0.29) is 0 Å². The molecule has 0 unspecified atom stereocenters. The molecule has 0 aromatic carbocycles. The van der Waals surface area contributed by atoms with Gasteiger partial charge in [-0.3, -0.25) is 22.6 Å². The third-order valence-corrected chi connectivity index (χ3v) is 11.4. The van der Waals surface area contributed by atoms with E-state index in [0.717, 1.165) is 38.5 Å². The minimum atomic E-state index is -3.89. The van der Waals surface area contributed by atoms with Crippen LogP contribution in [0.2, 0.25) is 0 Å². The zero-order chi connectivity index (χ0) is 38.7. The summed E-state index contributed by atoms with van der Waals surface area (Å²) in [5, 5.41) is 0. The molecular formula is C42H86O8P2. The second-order valence-corrected chi connectivity index (χ2v) is 16.8. The number of rotatable bonds is 40. The van der Waals surface area contributed by atoms with E-state index in [1.165, 1.54) is 141 Å². The van der Waals surface area contributed by atoms with Crippen LogP contribution >= 0.6 is 15.6 Å². The normalized spacial score (nSPS) is 12.3. The lowest BCUT2D eigenvalue weighted by molar-refractivity contribution is 0.126. The second kappa shape index (κ2) is 43.4. The van der Waals surface area contributed by atoms with Gasteiger partial charge in [0.1, 0.15) is 0 Å². The Morgan fingerprint density at radius 2 is 0.615 bits per heavy atom. The van der Waals surface area contributed by atoms with Gasteiger partial charge in [-0.1, -0.05) is 154 Å². The molecule has 0 aliphatic heterocycles. The number of phosphoric acid groups is 2. The summed E-state index contributed by atoms with van der Waals surface area (Å²) in [6, 6.07) is 0.